The number of nitrogens with two attached hydrogens (primary N) is 4. The molecular weight excluding hydrogens is 905 g/mol. The first kappa shape index (κ1) is 61.2. The summed E-state index contributed by atoms with van der Waals surface area (Å²) in [4.78, 5) is 130. The topological polar surface area (TPSA) is 456 Å². The van der Waals surface area contributed by atoms with Crippen LogP contribution in [-0.2, 0) is 47.9 Å². The van der Waals surface area contributed by atoms with Gasteiger partial charge in [0.05, 0.1) is 38.2 Å². The van der Waals surface area contributed by atoms with E-state index in [0.717, 1.165) is 0 Å². The van der Waals surface area contributed by atoms with Crippen LogP contribution in [0.3, 0.4) is 0 Å². The average Bonchev–Trinajstić information content (AvgIpc) is 3.26. The number of carboxylic acids is 2. The Balaban J connectivity index is 5.75. The average molecular weight is 977 g/mol. The molecule has 0 bridgehead atoms. The Morgan fingerprint density at radius 3 is 1.63 bits per heavy atom. The molecule has 0 saturated heterocycles. The molecule has 0 unspecified atom stereocenters. The predicted molar refractivity (Wildman–Crippen MR) is 246 cm³/mol. The number of aliphatic imine (C=N–C) groups is 1. The quantitative estimate of drug-likeness (QED) is 0.0120. The number of nitrogens with zero attached hydrogens (tertiary/aromatic N) is 1. The maximum absolute atomic E-state index is 13.7. The molecule has 0 aromatic carbocycles. The van der Waals surface area contributed by atoms with Crippen LogP contribution in [0.25, 0.3) is 0 Å². The molecule has 0 aliphatic heterocycles. The molecule has 0 radical (unpaired) electrons. The summed E-state index contributed by atoms with van der Waals surface area (Å²) >= 11 is 3.89. The van der Waals surface area contributed by atoms with Crippen molar-refractivity contribution in [3.05, 3.63) is 0 Å². The molecule has 20 N–H and O–H groups in total. The fraction of sp³-hybridized carbons (Fsp3) is 0.718. The maximum Gasteiger partial charge on any atom is 0.327 e. The number of guanidine groups is 1. The highest BCUT2D eigenvalue weighted by atomic mass is 32.1. The summed E-state index contributed by atoms with van der Waals surface area (Å²) in [5.74, 6) is -9.61. The number of aliphatic hydroxyl groups is 1. The van der Waals surface area contributed by atoms with E-state index in [4.69, 9.17) is 22.9 Å². The van der Waals surface area contributed by atoms with E-state index < -0.39 is 128 Å². The number of aliphatic carboxylic acids is 2. The second-order valence-corrected chi connectivity index (χ2v) is 16.1. The van der Waals surface area contributed by atoms with Crippen molar-refractivity contribution in [2.24, 2.45) is 33.8 Å². The third-order valence-electron chi connectivity index (χ3n) is 9.62. The molecule has 382 valence electrons. The van der Waals surface area contributed by atoms with Crippen molar-refractivity contribution >= 4 is 77.8 Å². The predicted octanol–water partition coefficient (Wildman–Crippen LogP) is -6.45. The smallest absolute Gasteiger partial charge is 0.327 e. The summed E-state index contributed by atoms with van der Waals surface area (Å²) in [6.07, 6.45) is 1.48. The molecule has 28 heteroatoms. The number of nitrogens with one attached hydrogen (secondary N) is 9. The summed E-state index contributed by atoms with van der Waals surface area (Å²) in [6.45, 7) is 2.02. The lowest BCUT2D eigenvalue weighted by Crippen LogP contribution is -2.57. The zero-order chi connectivity index (χ0) is 51.1. The van der Waals surface area contributed by atoms with Crippen molar-refractivity contribution < 1.29 is 63.3 Å². The molecule has 0 aliphatic rings. The van der Waals surface area contributed by atoms with Crippen LogP contribution in [0.4, 0.5) is 0 Å². The van der Waals surface area contributed by atoms with Gasteiger partial charge in [-0.15, -0.1) is 0 Å². The number of likely N-dealkylation sites (N-methyl/N-ethyl adjacent to an activating group) is 1. The van der Waals surface area contributed by atoms with Crippen LogP contribution in [0.2, 0.25) is 0 Å². The normalized spacial score (nSPS) is 14.0. The molecule has 0 heterocycles. The number of carbonyl (C=O) groups is 10. The van der Waals surface area contributed by atoms with Crippen LogP contribution in [0.5, 0.6) is 0 Å². The van der Waals surface area contributed by atoms with Crippen LogP contribution < -0.4 is 70.8 Å². The number of rotatable bonds is 36. The van der Waals surface area contributed by atoms with Gasteiger partial charge in [-0.05, 0) is 77.3 Å². The van der Waals surface area contributed by atoms with E-state index in [9.17, 15) is 63.3 Å². The molecule has 0 aromatic rings. The van der Waals surface area contributed by atoms with Gasteiger partial charge in [0, 0.05) is 18.8 Å². The zero-order valence-electron chi connectivity index (χ0n) is 38.3. The van der Waals surface area contributed by atoms with Gasteiger partial charge >= 0.3 is 11.9 Å². The van der Waals surface area contributed by atoms with Crippen LogP contribution in [0.15, 0.2) is 4.99 Å². The summed E-state index contributed by atoms with van der Waals surface area (Å²) in [5, 5.41) is 50.4. The van der Waals surface area contributed by atoms with Gasteiger partial charge in [-0.2, -0.15) is 12.6 Å². The van der Waals surface area contributed by atoms with Crippen LogP contribution >= 0.6 is 12.6 Å². The summed E-state index contributed by atoms with van der Waals surface area (Å²) in [5.41, 5.74) is 21.9. The Kier molecular flexibility index (Phi) is 31.5. The van der Waals surface area contributed by atoms with Crippen LogP contribution in [0, 0.1) is 5.92 Å². The first-order chi connectivity index (χ1) is 31.6. The van der Waals surface area contributed by atoms with E-state index >= 15 is 0 Å². The molecule has 67 heavy (non-hydrogen) atoms. The van der Waals surface area contributed by atoms with Gasteiger partial charge in [0.15, 0.2) is 5.96 Å². The molecule has 0 fully saturated rings. The van der Waals surface area contributed by atoms with Crippen LogP contribution in [-0.4, -0.2) is 175 Å². The number of hydrogen-bond donors (Lipinski definition) is 17. The molecule has 0 spiro atoms. The molecule has 0 aliphatic carbocycles. The second kappa shape index (κ2) is 34.5. The van der Waals surface area contributed by atoms with Gasteiger partial charge in [-0.3, -0.25) is 48.1 Å². The molecule has 0 aromatic heterocycles. The number of unbranched alkanes of at least 4 members (excludes halogenated alkanes) is 2. The first-order valence-corrected chi connectivity index (χ1v) is 22.4. The second-order valence-electron chi connectivity index (χ2n) is 15.8. The fourth-order valence-corrected chi connectivity index (χ4v) is 6.22. The molecule has 7 atom stereocenters. The van der Waals surface area contributed by atoms with Crippen LogP contribution in [0.1, 0.15) is 78.1 Å². The largest absolute Gasteiger partial charge is 0.481 e. The lowest BCUT2D eigenvalue weighted by molar-refractivity contribution is -0.141. The van der Waals surface area contributed by atoms with Crippen molar-refractivity contribution in [3.63, 3.8) is 0 Å². The van der Waals surface area contributed by atoms with Gasteiger partial charge in [0.2, 0.25) is 47.3 Å². The van der Waals surface area contributed by atoms with Crippen molar-refractivity contribution in [2.45, 2.75) is 120 Å². The highest BCUT2D eigenvalue weighted by molar-refractivity contribution is 7.80. The Morgan fingerprint density at radius 2 is 1.12 bits per heavy atom. The van der Waals surface area contributed by atoms with Crippen molar-refractivity contribution in [3.8, 4) is 0 Å². The third-order valence-corrected chi connectivity index (χ3v) is 9.98. The van der Waals surface area contributed by atoms with E-state index in [2.05, 4.69) is 65.5 Å². The van der Waals surface area contributed by atoms with Gasteiger partial charge in [0.1, 0.15) is 30.2 Å². The third kappa shape index (κ3) is 27.4. The van der Waals surface area contributed by atoms with Crippen molar-refractivity contribution in [1.29, 1.82) is 0 Å². The van der Waals surface area contributed by atoms with Gasteiger partial charge in [-0.1, -0.05) is 13.8 Å². The number of amides is 8. The van der Waals surface area contributed by atoms with Crippen molar-refractivity contribution in [1.82, 2.24) is 47.9 Å². The highest BCUT2D eigenvalue weighted by Crippen LogP contribution is 2.09. The Labute approximate surface area is 394 Å². The maximum atomic E-state index is 13.7. The van der Waals surface area contributed by atoms with Gasteiger partial charge in [-0.25, -0.2) is 4.79 Å². The minimum atomic E-state index is -1.73. The van der Waals surface area contributed by atoms with E-state index in [1.807, 2.05) is 13.8 Å². The first-order valence-electron chi connectivity index (χ1n) is 21.8. The zero-order valence-corrected chi connectivity index (χ0v) is 39.2. The summed E-state index contributed by atoms with van der Waals surface area (Å²) < 4.78 is 0. The molecular formula is C39H72N14O13S. The number of thiol groups is 1. The van der Waals surface area contributed by atoms with Gasteiger partial charge < -0.3 is 86.1 Å². The molecule has 0 saturated carbocycles. The molecule has 27 nitrogen and oxygen atoms in total. The summed E-state index contributed by atoms with van der Waals surface area (Å²) in [7, 11) is 1.61. The Morgan fingerprint density at radius 1 is 0.612 bits per heavy atom. The van der Waals surface area contributed by atoms with Crippen molar-refractivity contribution in [2.75, 3.05) is 52.1 Å². The summed E-state index contributed by atoms with van der Waals surface area (Å²) in [6, 6.07) is -8.70. The fourth-order valence-electron chi connectivity index (χ4n) is 5.98. The molecule has 0 rings (SSSR count). The Hall–Kier alpha value is -5.84. The number of hydrogen-bond acceptors (Lipinski definition) is 16. The van der Waals surface area contributed by atoms with E-state index in [0.29, 0.717) is 32.2 Å². The Bertz CT molecular complexity index is 1670. The molecule has 8 amide bonds. The van der Waals surface area contributed by atoms with E-state index in [1.54, 1.807) is 7.05 Å². The SMILES string of the molecule is CN[C@@H](CC(C)C)C(=O)N[C@@H](CCCCN)C(=O)N[C@@H](CCCCNC(=O)[C@H](CO)NC(=O)[C@H](CC(=O)O)NC(=O)CNC(=O)[C@@H](N)CCCN=C(N)N)C(=O)NCC(=O)N[C@@H](CS)C(=O)O. The minimum Gasteiger partial charge on any atom is -0.481 e. The number of carboxylic acid groups (broad SMARTS) is 2. The standard InChI is InChI=1S/C39H72N14O13S/c1-21(2)15-25(44-3)36(63)52-24(10-4-6-12-40)35(62)51-23(33(60)48-18-30(56)50-28(20-67)38(65)66)11-5-7-13-45-34(61)27(19-54)53-37(64)26(16-31(57)58)49-29(55)17-47-32(59)22(41)9-8-14-46-39(42)43/h21-28,44,54,67H,4-20,40-41H2,1-3H3,(H,45,61)(H,47,59)(H,48,60)(H,49,55)(H,50,56)(H,51,62)(H,52,63)(H,53,64)(H,57,58)(H,65,66)(H4,42,43,46)/t22-,23-,24-,25-,26-,27-,28-/m0/s1. The lowest BCUT2D eigenvalue weighted by atomic mass is 10.0. The van der Waals surface area contributed by atoms with E-state index in [-0.39, 0.29) is 62.8 Å². The highest BCUT2D eigenvalue weighted by Gasteiger charge is 2.31. The number of aliphatic hydroxyl groups excluding tert-OH is 1. The monoisotopic (exact) mass is 977 g/mol. The van der Waals surface area contributed by atoms with E-state index in [1.165, 1.54) is 0 Å². The van der Waals surface area contributed by atoms with Gasteiger partial charge in [0.25, 0.3) is 0 Å². The lowest BCUT2D eigenvalue weighted by Gasteiger charge is -2.25. The number of carbonyl (C=O) groups excluding carboxylic acids is 8. The minimum absolute atomic E-state index is 0.0675.